The van der Waals surface area contributed by atoms with E-state index in [1.165, 1.54) is 0 Å². The van der Waals surface area contributed by atoms with Crippen LogP contribution < -0.4 is 4.72 Å². The summed E-state index contributed by atoms with van der Waals surface area (Å²) in [6.07, 6.45) is 2.24. The number of sulfonamides is 1. The molecule has 0 radical (unpaired) electrons. The van der Waals surface area contributed by atoms with Gasteiger partial charge < -0.3 is 0 Å². The van der Waals surface area contributed by atoms with Crippen LogP contribution in [-0.4, -0.2) is 29.9 Å². The molecule has 0 aliphatic carbocycles. The van der Waals surface area contributed by atoms with Gasteiger partial charge in [-0.1, -0.05) is 59.4 Å². The second-order valence-electron chi connectivity index (χ2n) is 7.17. The molecular weight excluding hydrogens is 490 g/mol. The van der Waals surface area contributed by atoms with Gasteiger partial charge in [-0.25, -0.2) is 13.1 Å². The third kappa shape index (κ3) is 5.42. The molecule has 0 unspecified atom stereocenters. The highest BCUT2D eigenvalue weighted by molar-refractivity contribution is 9.10. The molecule has 0 fully saturated rings. The zero-order valence-electron chi connectivity index (χ0n) is 16.8. The number of aryl methyl sites for hydroxylation is 1. The predicted molar refractivity (Wildman–Crippen MR) is 124 cm³/mol. The fourth-order valence-electron chi connectivity index (χ4n) is 3.21. The van der Waals surface area contributed by atoms with Crippen molar-refractivity contribution in [1.29, 1.82) is 0 Å². The molecule has 0 bridgehead atoms. The van der Waals surface area contributed by atoms with Crippen molar-refractivity contribution in [3.8, 4) is 0 Å². The Labute approximate surface area is 189 Å². The van der Waals surface area contributed by atoms with Gasteiger partial charge in [0.15, 0.2) is 0 Å². The van der Waals surface area contributed by atoms with Gasteiger partial charge in [-0.3, -0.25) is 9.48 Å². The summed E-state index contributed by atoms with van der Waals surface area (Å²) in [6, 6.07) is 10.7. The number of fused-ring (bicyclic) bond motifs is 1. The van der Waals surface area contributed by atoms with Crippen LogP contribution in [0, 0.1) is 6.92 Å². The van der Waals surface area contributed by atoms with Gasteiger partial charge in [0.05, 0.1) is 23.5 Å². The molecule has 160 valence electrons. The van der Waals surface area contributed by atoms with E-state index in [2.05, 4.69) is 25.8 Å². The van der Waals surface area contributed by atoms with Crippen LogP contribution in [0.15, 0.2) is 40.9 Å². The fourth-order valence-corrected chi connectivity index (χ4v) is 5.03. The molecule has 1 heterocycles. The monoisotopic (exact) mass is 511 g/mol. The van der Waals surface area contributed by atoms with Crippen LogP contribution in [0.4, 0.5) is 0 Å². The van der Waals surface area contributed by atoms with E-state index in [4.69, 9.17) is 11.6 Å². The molecule has 30 heavy (non-hydrogen) atoms. The SMILES string of the molecule is CCCCCS(=O)(=O)NC(=O)c1ccc2c(C)nn(Cc3ccc(Br)cc3Cl)c2c1. The molecule has 3 aromatic rings. The molecule has 0 spiro atoms. The van der Waals surface area contributed by atoms with Crippen LogP contribution in [0.2, 0.25) is 5.02 Å². The van der Waals surface area contributed by atoms with Crippen LogP contribution in [-0.2, 0) is 16.6 Å². The Kier molecular flexibility index (Phi) is 7.21. The van der Waals surface area contributed by atoms with E-state index in [1.807, 2.05) is 32.0 Å². The number of benzene rings is 2. The second-order valence-corrected chi connectivity index (χ2v) is 10.3. The lowest BCUT2D eigenvalue weighted by atomic mass is 10.1. The van der Waals surface area contributed by atoms with Gasteiger partial charge in [0.1, 0.15) is 0 Å². The summed E-state index contributed by atoms with van der Waals surface area (Å²) in [5, 5.41) is 6.07. The van der Waals surface area contributed by atoms with Crippen molar-refractivity contribution in [2.24, 2.45) is 0 Å². The first kappa shape index (κ1) is 22.8. The summed E-state index contributed by atoms with van der Waals surface area (Å²) in [4.78, 5) is 12.6. The molecule has 6 nitrogen and oxygen atoms in total. The van der Waals surface area contributed by atoms with E-state index in [1.54, 1.807) is 22.9 Å². The summed E-state index contributed by atoms with van der Waals surface area (Å²) in [5.41, 5.74) is 2.71. The number of hydrogen-bond acceptors (Lipinski definition) is 4. The van der Waals surface area contributed by atoms with E-state index in [0.29, 0.717) is 18.0 Å². The van der Waals surface area contributed by atoms with Crippen LogP contribution >= 0.6 is 27.5 Å². The lowest BCUT2D eigenvalue weighted by Crippen LogP contribution is -2.32. The average Bonchev–Trinajstić information content (AvgIpc) is 2.99. The van der Waals surface area contributed by atoms with Gasteiger partial charge in [-0.05, 0) is 43.2 Å². The molecular formula is C21H23BrClN3O3S. The van der Waals surface area contributed by atoms with Gasteiger partial charge in [0.2, 0.25) is 10.0 Å². The van der Waals surface area contributed by atoms with Crippen LogP contribution in [0.25, 0.3) is 10.9 Å². The summed E-state index contributed by atoms with van der Waals surface area (Å²) in [7, 11) is -3.66. The number of carbonyl (C=O) groups is 1. The summed E-state index contributed by atoms with van der Waals surface area (Å²) < 4.78 is 29.1. The number of aromatic nitrogens is 2. The van der Waals surface area contributed by atoms with E-state index < -0.39 is 15.9 Å². The first-order chi connectivity index (χ1) is 14.2. The maximum Gasteiger partial charge on any atom is 0.264 e. The third-order valence-electron chi connectivity index (χ3n) is 4.80. The Hall–Kier alpha value is -1.90. The van der Waals surface area contributed by atoms with Gasteiger partial charge in [0.25, 0.3) is 5.91 Å². The maximum atomic E-state index is 12.6. The minimum atomic E-state index is -3.66. The largest absolute Gasteiger partial charge is 0.268 e. The van der Waals surface area contributed by atoms with Crippen LogP contribution in [0.3, 0.4) is 0 Å². The molecule has 0 atom stereocenters. The van der Waals surface area contributed by atoms with Crippen molar-refractivity contribution in [1.82, 2.24) is 14.5 Å². The number of unbranched alkanes of at least 4 members (excludes halogenated alkanes) is 2. The number of nitrogens with zero attached hydrogens (tertiary/aromatic N) is 2. The number of halogens is 2. The molecule has 9 heteroatoms. The number of rotatable bonds is 8. The molecule has 0 aliphatic heterocycles. The third-order valence-corrected chi connectivity index (χ3v) is 6.97. The standard InChI is InChI=1S/C21H23BrClN3O3S/c1-3-4-5-10-30(28,29)25-21(27)15-7-9-18-14(2)24-26(20(18)11-15)13-16-6-8-17(22)12-19(16)23/h6-9,11-12H,3-5,10,13H2,1-2H3,(H,25,27). The molecule has 2 aromatic carbocycles. The number of nitrogens with one attached hydrogen (secondary N) is 1. The van der Waals surface area contributed by atoms with Crippen LogP contribution in [0.1, 0.15) is 47.8 Å². The minimum Gasteiger partial charge on any atom is -0.268 e. The Bertz CT molecular complexity index is 1190. The average molecular weight is 513 g/mol. The van der Waals surface area contributed by atoms with Gasteiger partial charge in [-0.15, -0.1) is 0 Å². The quantitative estimate of drug-likeness (QED) is 0.428. The fraction of sp³-hybridized carbons (Fsp3) is 0.333. The van der Waals surface area contributed by atoms with Crippen molar-refractivity contribution in [3.63, 3.8) is 0 Å². The van der Waals surface area contributed by atoms with Crippen molar-refractivity contribution in [2.45, 2.75) is 39.7 Å². The summed E-state index contributed by atoms with van der Waals surface area (Å²) in [5.74, 6) is -0.700. The van der Waals surface area contributed by atoms with E-state index in [-0.39, 0.29) is 11.3 Å². The molecule has 1 amide bonds. The second kappa shape index (κ2) is 9.49. The smallest absolute Gasteiger partial charge is 0.264 e. The van der Waals surface area contributed by atoms with Crippen molar-refractivity contribution >= 4 is 54.4 Å². The normalized spacial score (nSPS) is 11.7. The van der Waals surface area contributed by atoms with E-state index >= 15 is 0 Å². The molecule has 1 N–H and O–H groups in total. The highest BCUT2D eigenvalue weighted by atomic mass is 79.9. The molecule has 0 saturated heterocycles. The highest BCUT2D eigenvalue weighted by Crippen LogP contribution is 2.25. The number of carbonyl (C=O) groups excluding carboxylic acids is 1. The molecule has 3 rings (SSSR count). The Morgan fingerprint density at radius 1 is 1.20 bits per heavy atom. The Balaban J connectivity index is 1.88. The maximum absolute atomic E-state index is 12.6. The molecule has 0 aliphatic rings. The molecule has 0 saturated carbocycles. The van der Waals surface area contributed by atoms with E-state index in [9.17, 15) is 13.2 Å². The summed E-state index contributed by atoms with van der Waals surface area (Å²) in [6.45, 7) is 4.31. The van der Waals surface area contributed by atoms with E-state index in [0.717, 1.165) is 39.5 Å². The molecule has 1 aromatic heterocycles. The van der Waals surface area contributed by atoms with Crippen molar-refractivity contribution in [2.75, 3.05) is 5.75 Å². The number of amides is 1. The summed E-state index contributed by atoms with van der Waals surface area (Å²) >= 11 is 9.74. The number of hydrogen-bond donors (Lipinski definition) is 1. The first-order valence-electron chi connectivity index (χ1n) is 9.66. The van der Waals surface area contributed by atoms with Crippen molar-refractivity contribution < 1.29 is 13.2 Å². The lowest BCUT2D eigenvalue weighted by Gasteiger charge is -2.09. The first-order valence-corrected chi connectivity index (χ1v) is 12.5. The minimum absolute atomic E-state index is 0.0616. The predicted octanol–water partition coefficient (Wildman–Crippen LogP) is 5.06. The zero-order chi connectivity index (χ0) is 21.9. The van der Waals surface area contributed by atoms with Crippen LogP contribution in [0.5, 0.6) is 0 Å². The Morgan fingerprint density at radius 3 is 2.67 bits per heavy atom. The Morgan fingerprint density at radius 2 is 1.97 bits per heavy atom. The van der Waals surface area contributed by atoms with Gasteiger partial charge in [-0.2, -0.15) is 5.10 Å². The highest BCUT2D eigenvalue weighted by Gasteiger charge is 2.18. The zero-order valence-corrected chi connectivity index (χ0v) is 19.9. The van der Waals surface area contributed by atoms with Gasteiger partial charge >= 0.3 is 0 Å². The lowest BCUT2D eigenvalue weighted by molar-refractivity contribution is 0.0981. The van der Waals surface area contributed by atoms with Gasteiger partial charge in [0, 0.05) is 20.4 Å². The van der Waals surface area contributed by atoms with Crippen molar-refractivity contribution in [3.05, 3.63) is 62.7 Å². The topological polar surface area (TPSA) is 81.1 Å².